The van der Waals surface area contributed by atoms with Gasteiger partial charge in [-0.3, -0.25) is 0 Å². The molecule has 2 aliphatic rings. The first-order chi connectivity index (χ1) is 15.0. The Bertz CT molecular complexity index is 1350. The predicted molar refractivity (Wildman–Crippen MR) is 143 cm³/mol. The van der Waals surface area contributed by atoms with Crippen molar-refractivity contribution in [3.05, 3.63) is 64.4 Å². The Kier molecular flexibility index (Phi) is 4.94. The summed E-state index contributed by atoms with van der Waals surface area (Å²) in [6, 6.07) is 15.6. The molecule has 0 spiro atoms. The molecule has 2 aromatic carbocycles. The Morgan fingerprint density at radius 1 is 0.871 bits per heavy atom. The summed E-state index contributed by atoms with van der Waals surface area (Å²) in [4.78, 5) is 4.88. The summed E-state index contributed by atoms with van der Waals surface area (Å²) >= 11 is 12.7. The van der Waals surface area contributed by atoms with Gasteiger partial charge in [0.2, 0.25) is 5.82 Å². The highest BCUT2D eigenvalue weighted by molar-refractivity contribution is 14.1. The summed E-state index contributed by atoms with van der Waals surface area (Å²) < 4.78 is 5.67. The minimum absolute atomic E-state index is 0.676. The van der Waals surface area contributed by atoms with E-state index in [0.717, 1.165) is 55.7 Å². The molecule has 0 radical (unpaired) electrons. The summed E-state index contributed by atoms with van der Waals surface area (Å²) in [7, 11) is 0. The molecule has 2 aliphatic heterocycles. The van der Waals surface area contributed by atoms with Gasteiger partial charge in [0.1, 0.15) is 56.8 Å². The molecule has 2 unspecified atom stereocenters. The highest BCUT2D eigenvalue weighted by atomic mass is 127. The first-order valence-corrected chi connectivity index (χ1v) is 12.2. The van der Waals surface area contributed by atoms with E-state index in [4.69, 9.17) is 27.4 Å². The Morgan fingerprint density at radius 2 is 1.68 bits per heavy atom. The number of pyridine rings is 1. The Balaban J connectivity index is 1.32. The van der Waals surface area contributed by atoms with Crippen molar-refractivity contribution in [3.63, 3.8) is 0 Å². The number of rotatable bonds is 2. The second kappa shape index (κ2) is 7.58. The van der Waals surface area contributed by atoms with Crippen LogP contribution in [0.1, 0.15) is 0 Å². The van der Waals surface area contributed by atoms with Gasteiger partial charge in [-0.2, -0.15) is 11.1 Å². The zero-order chi connectivity index (χ0) is 21.3. The second-order valence-corrected chi connectivity index (χ2v) is 10.0. The zero-order valence-corrected chi connectivity index (χ0v) is 22.4. The van der Waals surface area contributed by atoms with Crippen molar-refractivity contribution in [1.29, 1.82) is 0 Å². The van der Waals surface area contributed by atoms with Gasteiger partial charge in [0.15, 0.2) is 11.5 Å². The van der Waals surface area contributed by atoms with Crippen LogP contribution >= 0.6 is 80.2 Å². The lowest BCUT2D eigenvalue weighted by molar-refractivity contribution is -0.778. The number of halogens is 4. The number of fused-ring (bicyclic) bond motifs is 3. The SMILES string of the molecule is Clc1ccc2c(c1)N(I)[NH+](c1ccc3c(n1)N(I)[NH+](c1ccc4nnn(I)c4c1)[N-]3)[N-]2. The molecule has 0 fully saturated rings. The van der Waals surface area contributed by atoms with Gasteiger partial charge >= 0.3 is 0 Å². The van der Waals surface area contributed by atoms with E-state index in [9.17, 15) is 0 Å². The zero-order valence-electron chi connectivity index (χ0n) is 15.2. The van der Waals surface area contributed by atoms with Crippen LogP contribution in [0.5, 0.6) is 0 Å². The van der Waals surface area contributed by atoms with Gasteiger partial charge in [-0.25, -0.2) is 10.2 Å². The molecule has 0 amide bonds. The van der Waals surface area contributed by atoms with Crippen LogP contribution in [0.25, 0.3) is 21.9 Å². The maximum atomic E-state index is 6.16. The fourth-order valence-electron chi connectivity index (χ4n) is 3.44. The fourth-order valence-corrected chi connectivity index (χ4v) is 5.57. The lowest BCUT2D eigenvalue weighted by Gasteiger charge is -2.27. The quantitative estimate of drug-likeness (QED) is 0.237. The van der Waals surface area contributed by atoms with E-state index in [1.807, 2.05) is 55.0 Å². The van der Waals surface area contributed by atoms with Crippen LogP contribution in [0.15, 0.2) is 48.5 Å². The lowest BCUT2D eigenvalue weighted by Crippen LogP contribution is -3.07. The van der Waals surface area contributed by atoms with Gasteiger partial charge in [-0.05, 0) is 23.9 Å². The predicted octanol–water partition coefficient (Wildman–Crippen LogP) is 4.12. The molecule has 14 heteroatoms. The molecule has 6 rings (SSSR count). The van der Waals surface area contributed by atoms with Crippen molar-refractivity contribution in [2.45, 2.75) is 0 Å². The topological polar surface area (TPSA) is 87.2 Å². The van der Waals surface area contributed by atoms with Gasteiger partial charge < -0.3 is 10.9 Å². The summed E-state index contributed by atoms with van der Waals surface area (Å²) in [5.41, 5.74) is 14.9. The average Bonchev–Trinajstić information content (AvgIpc) is 3.42. The summed E-state index contributed by atoms with van der Waals surface area (Å²) in [6.07, 6.45) is 0. The normalized spacial score (nSPS) is 19.4. The monoisotopic (exact) mass is 770 g/mol. The van der Waals surface area contributed by atoms with Gasteiger partial charge in [0.25, 0.3) is 0 Å². The van der Waals surface area contributed by atoms with Crippen LogP contribution in [0, 0.1) is 0 Å². The number of hydrogen-bond donors (Lipinski definition) is 2. The number of quaternary nitrogens is 2. The fraction of sp³-hybridized carbons (Fsp3) is 0. The molecule has 4 aromatic rings. The van der Waals surface area contributed by atoms with E-state index in [-0.39, 0.29) is 0 Å². The largest absolute Gasteiger partial charge is 0.452 e. The molecule has 0 saturated heterocycles. The third kappa shape index (κ3) is 3.27. The molecule has 2 aromatic heterocycles. The molecule has 10 nitrogen and oxygen atoms in total. The molecule has 0 aliphatic carbocycles. The molecule has 2 N–H and O–H groups in total. The van der Waals surface area contributed by atoms with E-state index in [0.29, 0.717) is 5.02 Å². The second-order valence-electron chi connectivity index (χ2n) is 6.76. The minimum atomic E-state index is 0.676. The number of nitrogens with zero attached hydrogens (tertiary/aromatic N) is 8. The first kappa shape index (κ1) is 20.2. The van der Waals surface area contributed by atoms with Crippen LogP contribution in [0.2, 0.25) is 5.02 Å². The van der Waals surface area contributed by atoms with E-state index >= 15 is 0 Å². The molecule has 0 saturated carbocycles. The van der Waals surface area contributed by atoms with Crippen LogP contribution in [-0.2, 0) is 0 Å². The molecule has 156 valence electrons. The molecular weight excluding hydrogens is 760 g/mol. The first-order valence-electron chi connectivity index (χ1n) is 8.92. The molecular formula is C17H10ClI3N10. The van der Waals surface area contributed by atoms with Gasteiger partial charge in [-0.15, -0.1) is 8.32 Å². The Morgan fingerprint density at radius 3 is 2.55 bits per heavy atom. The van der Waals surface area contributed by atoms with Gasteiger partial charge in [0, 0.05) is 23.2 Å². The van der Waals surface area contributed by atoms with Crippen LogP contribution in [0.3, 0.4) is 0 Å². The van der Waals surface area contributed by atoms with Crippen molar-refractivity contribution in [3.8, 4) is 0 Å². The number of nitrogens with one attached hydrogen (secondary N) is 2. The summed E-state index contributed by atoms with van der Waals surface area (Å²) in [5.74, 6) is 1.54. The smallest absolute Gasteiger partial charge is 0.248 e. The van der Waals surface area contributed by atoms with Crippen LogP contribution < -0.4 is 16.7 Å². The van der Waals surface area contributed by atoms with E-state index in [1.165, 1.54) is 0 Å². The lowest BCUT2D eigenvalue weighted by atomic mass is 10.3. The maximum absolute atomic E-state index is 6.16. The van der Waals surface area contributed by atoms with Crippen LogP contribution in [0.4, 0.5) is 34.4 Å². The van der Waals surface area contributed by atoms with E-state index in [2.05, 4.69) is 78.9 Å². The number of benzene rings is 2. The van der Waals surface area contributed by atoms with E-state index < -0.39 is 0 Å². The third-order valence-corrected chi connectivity index (χ3v) is 7.75. The Hall–Kier alpha value is -1.41. The van der Waals surface area contributed by atoms with Gasteiger partial charge in [-0.1, -0.05) is 34.6 Å². The number of anilines is 2. The van der Waals surface area contributed by atoms with Gasteiger partial charge in [0.05, 0.1) is 28.6 Å². The third-order valence-electron chi connectivity index (χ3n) is 4.91. The average molecular weight is 771 g/mol. The van der Waals surface area contributed by atoms with Crippen molar-refractivity contribution in [2.24, 2.45) is 0 Å². The van der Waals surface area contributed by atoms with Crippen molar-refractivity contribution < 1.29 is 10.2 Å². The number of hydrogen-bond acceptors (Lipinski definition) is 5. The minimum Gasteiger partial charge on any atom is -0.452 e. The van der Waals surface area contributed by atoms with Crippen molar-refractivity contribution >= 4 is 126 Å². The van der Waals surface area contributed by atoms with Crippen molar-refractivity contribution in [1.82, 2.24) is 18.2 Å². The Labute approximate surface area is 222 Å². The highest BCUT2D eigenvalue weighted by Gasteiger charge is 2.30. The molecule has 31 heavy (non-hydrogen) atoms. The molecule has 2 atom stereocenters. The molecule has 4 heterocycles. The number of aromatic nitrogens is 4. The maximum Gasteiger partial charge on any atom is 0.248 e. The summed E-state index contributed by atoms with van der Waals surface area (Å²) in [6.45, 7) is 0. The van der Waals surface area contributed by atoms with Crippen LogP contribution in [-0.4, -0.2) is 18.2 Å². The standard InChI is InChI=1S/C17H10ClI3N10/c18-9-1-3-12-15(7-9)28(20)31(24-12)16-6-5-13-17(22-16)29(21)30(25-13)10-2-4-11-14(8-10)27(19)26-23-11/h1-8,30-31H. The summed E-state index contributed by atoms with van der Waals surface area (Å²) in [5, 5.41) is 10.5. The van der Waals surface area contributed by atoms with E-state index in [1.54, 1.807) is 2.90 Å². The molecule has 0 bridgehead atoms. The van der Waals surface area contributed by atoms with Crippen molar-refractivity contribution in [2.75, 3.05) is 6.44 Å². The highest BCUT2D eigenvalue weighted by Crippen LogP contribution is 2.40.